The molecule has 0 radical (unpaired) electrons. The molecule has 0 unspecified atom stereocenters. The van der Waals surface area contributed by atoms with Gasteiger partial charge in [-0.15, -0.1) is 0 Å². The first-order chi connectivity index (χ1) is 8.45. The van der Waals surface area contributed by atoms with E-state index in [2.05, 4.69) is 0 Å². The molecule has 19 heavy (non-hydrogen) atoms. The van der Waals surface area contributed by atoms with Gasteiger partial charge < -0.3 is 40.0 Å². The van der Waals surface area contributed by atoms with Crippen molar-refractivity contribution < 1.29 is 49.1 Å². The zero-order chi connectivity index (χ0) is 15.7. The van der Waals surface area contributed by atoms with Crippen molar-refractivity contribution in [2.75, 3.05) is 38.8 Å². The van der Waals surface area contributed by atoms with Gasteiger partial charge in [-0.3, -0.25) is 9.13 Å². The van der Waals surface area contributed by atoms with Crippen LogP contribution in [0.4, 0.5) is 0 Å². The fourth-order valence-electron chi connectivity index (χ4n) is 0.561. The maximum absolute atomic E-state index is 10.0. The third kappa shape index (κ3) is 12.9. The Morgan fingerprint density at radius 1 is 0.632 bits per heavy atom. The smallest absolute Gasteiger partial charge is 0.326 e. The van der Waals surface area contributed by atoms with Crippen LogP contribution in [0.15, 0.2) is 0 Å². The lowest BCUT2D eigenvalue weighted by Crippen LogP contribution is -2.37. The number of aliphatic hydroxyl groups excluding tert-OH is 4. The molecule has 10 nitrogen and oxygen atoms in total. The van der Waals surface area contributed by atoms with Gasteiger partial charge in [0.25, 0.3) is 0 Å². The number of rotatable bonds is 7. The molecule has 0 saturated carbocycles. The van der Waals surface area contributed by atoms with E-state index in [0.29, 0.717) is 0 Å². The summed E-state index contributed by atoms with van der Waals surface area (Å²) < 4.78 is 20.1. The Morgan fingerprint density at radius 2 is 0.842 bits per heavy atom. The monoisotopic (exact) mass is 326 g/mol. The van der Waals surface area contributed by atoms with E-state index in [0.717, 1.165) is 0 Å². The van der Waals surface area contributed by atoms with Crippen molar-refractivity contribution in [2.45, 2.75) is 0 Å². The molecule has 118 valence electrons. The van der Waals surface area contributed by atoms with Gasteiger partial charge in [0.1, 0.15) is 0 Å². The van der Waals surface area contributed by atoms with Gasteiger partial charge in [-0.1, -0.05) is 0 Å². The number of hydrogen-bond donors (Lipinski definition) is 8. The van der Waals surface area contributed by atoms with Crippen molar-refractivity contribution in [3.05, 3.63) is 0 Å². The van der Waals surface area contributed by atoms with Crippen molar-refractivity contribution in [3.63, 3.8) is 0 Å². The van der Waals surface area contributed by atoms with Crippen LogP contribution in [-0.4, -0.2) is 78.8 Å². The Kier molecular flexibility index (Phi) is 10.3. The average Bonchev–Trinajstić information content (AvgIpc) is 2.30. The Hall–Kier alpha value is 0.140. The summed E-state index contributed by atoms with van der Waals surface area (Å²) in [6.07, 6.45) is -1.53. The fraction of sp³-hybridized carbons (Fsp3) is 1.00. The minimum Gasteiger partial charge on any atom is -0.396 e. The van der Waals surface area contributed by atoms with Crippen molar-refractivity contribution in [1.29, 1.82) is 0 Å². The molecule has 0 spiro atoms. The summed E-state index contributed by atoms with van der Waals surface area (Å²) in [6.45, 7) is -1.62. The third-order valence-corrected chi connectivity index (χ3v) is 3.99. The van der Waals surface area contributed by atoms with E-state index in [1.807, 2.05) is 0 Å². The van der Waals surface area contributed by atoms with Gasteiger partial charge in [0.15, 0.2) is 0 Å². The van der Waals surface area contributed by atoms with E-state index < -0.39 is 59.4 Å². The molecule has 0 atom stereocenters. The molecule has 0 aromatic rings. The Morgan fingerprint density at radius 3 is 0.895 bits per heavy atom. The summed E-state index contributed by atoms with van der Waals surface area (Å²) in [6, 6.07) is 0. The molecule has 8 N–H and O–H groups in total. The molecular weight excluding hydrogens is 306 g/mol. The molecule has 0 fully saturated rings. The number of hydrogen-bond acceptors (Lipinski definition) is 6. The quantitative estimate of drug-likeness (QED) is 0.228. The first-order valence-electron chi connectivity index (χ1n) is 4.98. The van der Waals surface area contributed by atoms with Gasteiger partial charge in [0, 0.05) is 0 Å². The highest BCUT2D eigenvalue weighted by Gasteiger charge is 2.26. The first-order valence-corrected chi connectivity index (χ1v) is 8.57. The molecule has 0 aliphatic carbocycles. The predicted octanol–water partition coefficient (Wildman–Crippen LogP) is -2.72. The van der Waals surface area contributed by atoms with Crippen LogP contribution >= 0.6 is 15.2 Å². The van der Waals surface area contributed by atoms with Crippen LogP contribution in [0.3, 0.4) is 0 Å². The van der Waals surface area contributed by atoms with Crippen LogP contribution in [0.5, 0.6) is 0 Å². The second kappa shape index (κ2) is 9.15. The van der Waals surface area contributed by atoms with Gasteiger partial charge in [-0.25, -0.2) is 0 Å². The fourth-order valence-corrected chi connectivity index (χ4v) is 2.64. The topological polar surface area (TPSA) is 196 Å². The lowest BCUT2D eigenvalue weighted by molar-refractivity contribution is -0.0328. The van der Waals surface area contributed by atoms with E-state index in [1.54, 1.807) is 0 Å². The Labute approximate surface area is 109 Å². The summed E-state index contributed by atoms with van der Waals surface area (Å²) in [4.78, 5) is 32.6. The maximum Gasteiger partial charge on any atom is 0.326 e. The Bertz CT molecular complexity index is 276. The molecule has 0 bridgehead atoms. The van der Waals surface area contributed by atoms with Crippen molar-refractivity contribution in [1.82, 2.24) is 0 Å². The first kappa shape index (κ1) is 21.4. The van der Waals surface area contributed by atoms with Crippen molar-refractivity contribution >= 4 is 15.2 Å². The molecule has 0 aliphatic heterocycles. The minimum atomic E-state index is -4.25. The minimum absolute atomic E-state index is 0.406. The zero-order valence-corrected chi connectivity index (χ0v) is 11.8. The largest absolute Gasteiger partial charge is 0.396 e. The molecular formula is C7H20O10P2. The van der Waals surface area contributed by atoms with Gasteiger partial charge in [-0.2, -0.15) is 0 Å². The van der Waals surface area contributed by atoms with Gasteiger partial charge in [0.2, 0.25) is 0 Å². The summed E-state index contributed by atoms with van der Waals surface area (Å²) >= 11 is 0. The standard InChI is InChI=1S/C5H12O4.C2H8O6P2/c6-1-5(2-7,3-8)4-9;3-9(4,5)1-2-10(6,7)8/h6-9H,1-4H2;1-2H2,(H2,3,4,5)(H2,6,7,8). The van der Waals surface area contributed by atoms with Gasteiger partial charge in [-0.05, 0) is 0 Å². The van der Waals surface area contributed by atoms with Crippen LogP contribution in [0.25, 0.3) is 0 Å². The highest BCUT2D eigenvalue weighted by Crippen LogP contribution is 2.42. The van der Waals surface area contributed by atoms with Crippen LogP contribution in [-0.2, 0) is 9.13 Å². The van der Waals surface area contributed by atoms with Crippen molar-refractivity contribution in [3.8, 4) is 0 Å². The van der Waals surface area contributed by atoms with Gasteiger partial charge >= 0.3 is 15.2 Å². The molecule has 0 aliphatic rings. The highest BCUT2D eigenvalue weighted by molar-refractivity contribution is 7.56. The molecule has 0 rings (SSSR count). The van der Waals surface area contributed by atoms with Crippen LogP contribution in [0.2, 0.25) is 0 Å². The molecule has 0 saturated heterocycles. The van der Waals surface area contributed by atoms with Gasteiger partial charge in [0.05, 0.1) is 44.2 Å². The predicted molar refractivity (Wildman–Crippen MR) is 64.6 cm³/mol. The van der Waals surface area contributed by atoms with Crippen LogP contribution in [0, 0.1) is 5.41 Å². The second-order valence-electron chi connectivity index (χ2n) is 3.91. The molecule has 0 aromatic heterocycles. The third-order valence-electron chi connectivity index (χ3n) is 2.02. The van der Waals surface area contributed by atoms with Crippen LogP contribution in [0.1, 0.15) is 0 Å². The molecule has 0 aromatic carbocycles. The summed E-state index contributed by atoms with van der Waals surface area (Å²) in [5, 5.41) is 34.0. The summed E-state index contributed by atoms with van der Waals surface area (Å²) in [5.41, 5.74) is -1.11. The maximum atomic E-state index is 10.0. The number of aliphatic hydroxyl groups is 4. The lowest BCUT2D eigenvalue weighted by Gasteiger charge is -2.23. The molecule has 12 heteroatoms. The lowest BCUT2D eigenvalue weighted by atomic mass is 9.93. The normalized spacial score (nSPS) is 12.8. The SMILES string of the molecule is O=P(O)(O)CCP(=O)(O)O.OCC(CO)(CO)CO. The van der Waals surface area contributed by atoms with E-state index >= 15 is 0 Å². The summed E-state index contributed by atoms with van der Waals surface area (Å²) in [5.74, 6) is 0. The zero-order valence-electron chi connectivity index (χ0n) is 10.0. The Balaban J connectivity index is 0. The van der Waals surface area contributed by atoms with Crippen molar-refractivity contribution in [2.24, 2.45) is 5.41 Å². The molecule has 0 heterocycles. The highest BCUT2D eigenvalue weighted by atomic mass is 31.2. The van der Waals surface area contributed by atoms with E-state index in [9.17, 15) is 9.13 Å². The summed E-state index contributed by atoms with van der Waals surface area (Å²) in [7, 11) is -8.51. The average molecular weight is 326 g/mol. The van der Waals surface area contributed by atoms with E-state index in [-0.39, 0.29) is 0 Å². The second-order valence-corrected chi connectivity index (χ2v) is 7.46. The molecule has 0 amide bonds. The van der Waals surface area contributed by atoms with E-state index in [4.69, 9.17) is 40.0 Å². The van der Waals surface area contributed by atoms with Crippen LogP contribution < -0.4 is 0 Å². The van der Waals surface area contributed by atoms with E-state index in [1.165, 1.54) is 0 Å².